The first-order chi connectivity index (χ1) is 6.75. The van der Waals surface area contributed by atoms with Crippen LogP contribution in [0.15, 0.2) is 40.9 Å². The van der Waals surface area contributed by atoms with Gasteiger partial charge >= 0.3 is 0 Å². The van der Waals surface area contributed by atoms with Crippen LogP contribution in [-0.2, 0) is 0 Å². The Morgan fingerprint density at radius 3 is 2.21 bits per heavy atom. The van der Waals surface area contributed by atoms with Gasteiger partial charge in [0.25, 0.3) is 0 Å². The lowest BCUT2D eigenvalue weighted by molar-refractivity contribution is 1.50. The minimum Gasteiger partial charge on any atom is -0.0683 e. The number of rotatable bonds is 0. The predicted molar refractivity (Wildman–Crippen MR) is 67.7 cm³/mol. The monoisotopic (exact) mass is 250 g/mol. The molecule has 0 amide bonds. The van der Waals surface area contributed by atoms with Gasteiger partial charge in [-0.1, -0.05) is 59.6 Å². The summed E-state index contributed by atoms with van der Waals surface area (Å²) in [5, 5.41) is 2.59. The van der Waals surface area contributed by atoms with Gasteiger partial charge in [-0.25, -0.2) is 0 Å². The fourth-order valence-electron chi connectivity index (χ4n) is 1.34. The first kappa shape index (κ1) is 11.3. The fourth-order valence-corrected chi connectivity index (χ4v) is 1.72. The summed E-state index contributed by atoms with van der Waals surface area (Å²) in [6, 6.07) is 12.8. The molecule has 0 fully saturated rings. The van der Waals surface area contributed by atoms with Crippen LogP contribution in [0.4, 0.5) is 0 Å². The lowest BCUT2D eigenvalue weighted by Crippen LogP contribution is -1.74. The van der Waals surface area contributed by atoms with Crippen molar-refractivity contribution in [1.82, 2.24) is 0 Å². The Kier molecular flexibility index (Phi) is 4.15. The SMILES string of the molecule is CC.Cc1ccc2ccc(Br)cc2c1. The van der Waals surface area contributed by atoms with E-state index in [1.807, 2.05) is 13.8 Å². The molecular formula is C13H15Br. The second-order valence-corrected chi connectivity index (χ2v) is 3.91. The van der Waals surface area contributed by atoms with Crippen molar-refractivity contribution < 1.29 is 0 Å². The maximum Gasteiger partial charge on any atom is 0.0181 e. The standard InChI is InChI=1S/C11H9Br.C2H6/c1-8-2-3-9-4-5-11(12)7-10(9)6-8;1-2/h2-7H,1H3;1-2H3. The third kappa shape index (κ3) is 2.58. The molecule has 0 radical (unpaired) electrons. The lowest BCUT2D eigenvalue weighted by atomic mass is 10.1. The molecule has 0 aromatic heterocycles. The number of aryl methyl sites for hydroxylation is 1. The third-order valence-corrected chi connectivity index (χ3v) is 2.45. The second kappa shape index (κ2) is 5.16. The van der Waals surface area contributed by atoms with Crippen LogP contribution in [0.25, 0.3) is 10.8 Å². The van der Waals surface area contributed by atoms with Gasteiger partial charge in [0.15, 0.2) is 0 Å². The molecule has 0 atom stereocenters. The predicted octanol–water partition coefficient (Wildman–Crippen LogP) is 4.94. The summed E-state index contributed by atoms with van der Waals surface area (Å²) >= 11 is 3.46. The summed E-state index contributed by atoms with van der Waals surface area (Å²) in [5.74, 6) is 0. The molecule has 0 saturated heterocycles. The molecule has 0 aliphatic rings. The van der Waals surface area contributed by atoms with E-state index in [-0.39, 0.29) is 0 Å². The van der Waals surface area contributed by atoms with E-state index >= 15 is 0 Å². The maximum absolute atomic E-state index is 3.46. The van der Waals surface area contributed by atoms with Gasteiger partial charge in [0, 0.05) is 4.47 Å². The normalized spacial score (nSPS) is 9.43. The minimum atomic E-state index is 1.14. The van der Waals surface area contributed by atoms with Gasteiger partial charge < -0.3 is 0 Å². The summed E-state index contributed by atoms with van der Waals surface area (Å²) < 4.78 is 1.14. The van der Waals surface area contributed by atoms with Crippen molar-refractivity contribution in [1.29, 1.82) is 0 Å². The first-order valence-electron chi connectivity index (χ1n) is 4.92. The molecule has 2 aromatic carbocycles. The van der Waals surface area contributed by atoms with Crippen LogP contribution in [0.5, 0.6) is 0 Å². The van der Waals surface area contributed by atoms with Crippen LogP contribution in [0.2, 0.25) is 0 Å². The average Bonchev–Trinajstić information content (AvgIpc) is 2.20. The number of hydrogen-bond donors (Lipinski definition) is 0. The Morgan fingerprint density at radius 1 is 0.857 bits per heavy atom. The van der Waals surface area contributed by atoms with E-state index < -0.39 is 0 Å². The number of hydrogen-bond acceptors (Lipinski definition) is 0. The summed E-state index contributed by atoms with van der Waals surface area (Å²) in [6.07, 6.45) is 0. The van der Waals surface area contributed by atoms with E-state index in [9.17, 15) is 0 Å². The van der Waals surface area contributed by atoms with Crippen molar-refractivity contribution in [3.05, 3.63) is 46.4 Å². The van der Waals surface area contributed by atoms with Crippen LogP contribution < -0.4 is 0 Å². The van der Waals surface area contributed by atoms with Crippen LogP contribution in [0, 0.1) is 6.92 Å². The quantitative estimate of drug-likeness (QED) is 0.622. The van der Waals surface area contributed by atoms with E-state index in [0.717, 1.165) is 4.47 Å². The smallest absolute Gasteiger partial charge is 0.0181 e. The maximum atomic E-state index is 3.46. The molecule has 74 valence electrons. The summed E-state index contributed by atoms with van der Waals surface area (Å²) in [7, 11) is 0. The van der Waals surface area contributed by atoms with Crippen LogP contribution >= 0.6 is 15.9 Å². The molecule has 0 nitrogen and oxygen atoms in total. The van der Waals surface area contributed by atoms with Gasteiger partial charge in [-0.2, -0.15) is 0 Å². The van der Waals surface area contributed by atoms with Gasteiger partial charge in [0.1, 0.15) is 0 Å². The largest absolute Gasteiger partial charge is 0.0683 e. The molecule has 0 unspecified atom stereocenters. The highest BCUT2D eigenvalue weighted by Gasteiger charge is 1.93. The number of halogens is 1. The van der Waals surface area contributed by atoms with Gasteiger partial charge in [-0.3, -0.25) is 0 Å². The van der Waals surface area contributed by atoms with Crippen molar-refractivity contribution >= 4 is 26.7 Å². The summed E-state index contributed by atoms with van der Waals surface area (Å²) in [4.78, 5) is 0. The Bertz CT molecular complexity index is 382. The zero-order valence-electron chi connectivity index (χ0n) is 8.84. The van der Waals surface area contributed by atoms with Crippen LogP contribution in [0.3, 0.4) is 0 Å². The van der Waals surface area contributed by atoms with E-state index in [2.05, 4.69) is 59.3 Å². The van der Waals surface area contributed by atoms with Gasteiger partial charge in [0.2, 0.25) is 0 Å². The summed E-state index contributed by atoms with van der Waals surface area (Å²) in [6.45, 7) is 6.11. The summed E-state index contributed by atoms with van der Waals surface area (Å²) in [5.41, 5.74) is 1.31. The molecule has 0 N–H and O–H groups in total. The Morgan fingerprint density at radius 2 is 1.50 bits per heavy atom. The topological polar surface area (TPSA) is 0 Å². The van der Waals surface area contributed by atoms with Crippen molar-refractivity contribution in [2.24, 2.45) is 0 Å². The molecule has 2 aromatic rings. The van der Waals surface area contributed by atoms with Gasteiger partial charge in [-0.05, 0) is 29.8 Å². The molecule has 2 rings (SSSR count). The van der Waals surface area contributed by atoms with E-state index in [0.29, 0.717) is 0 Å². The lowest BCUT2D eigenvalue weighted by Gasteiger charge is -1.99. The number of fused-ring (bicyclic) bond motifs is 1. The second-order valence-electron chi connectivity index (χ2n) is 2.99. The van der Waals surface area contributed by atoms with Crippen molar-refractivity contribution in [3.63, 3.8) is 0 Å². The highest BCUT2D eigenvalue weighted by Crippen LogP contribution is 2.20. The van der Waals surface area contributed by atoms with Crippen molar-refractivity contribution in [3.8, 4) is 0 Å². The zero-order valence-corrected chi connectivity index (χ0v) is 10.4. The molecule has 0 heterocycles. The zero-order chi connectivity index (χ0) is 10.6. The fraction of sp³-hybridized carbons (Fsp3) is 0.231. The molecule has 0 spiro atoms. The van der Waals surface area contributed by atoms with Crippen molar-refractivity contribution in [2.45, 2.75) is 20.8 Å². The molecule has 14 heavy (non-hydrogen) atoms. The molecular weight excluding hydrogens is 236 g/mol. The van der Waals surface area contributed by atoms with Crippen molar-refractivity contribution in [2.75, 3.05) is 0 Å². The average molecular weight is 251 g/mol. The van der Waals surface area contributed by atoms with Gasteiger partial charge in [0.05, 0.1) is 0 Å². The third-order valence-electron chi connectivity index (χ3n) is 1.96. The van der Waals surface area contributed by atoms with Crippen LogP contribution in [0.1, 0.15) is 19.4 Å². The van der Waals surface area contributed by atoms with Gasteiger partial charge in [-0.15, -0.1) is 0 Å². The molecule has 0 aliphatic heterocycles. The Hall–Kier alpha value is -0.820. The molecule has 1 heteroatoms. The molecule has 0 bridgehead atoms. The molecule has 0 aliphatic carbocycles. The van der Waals surface area contributed by atoms with E-state index in [4.69, 9.17) is 0 Å². The highest BCUT2D eigenvalue weighted by molar-refractivity contribution is 9.10. The minimum absolute atomic E-state index is 1.14. The Balaban J connectivity index is 0.000000461. The van der Waals surface area contributed by atoms with E-state index in [1.54, 1.807) is 0 Å². The van der Waals surface area contributed by atoms with E-state index in [1.165, 1.54) is 16.3 Å². The highest BCUT2D eigenvalue weighted by atomic mass is 79.9. The Labute approximate surface area is 94.1 Å². The number of benzene rings is 2. The first-order valence-corrected chi connectivity index (χ1v) is 5.71. The molecule has 0 saturated carbocycles. The van der Waals surface area contributed by atoms with Crippen LogP contribution in [-0.4, -0.2) is 0 Å².